The van der Waals surface area contributed by atoms with E-state index in [1.54, 1.807) is 7.11 Å². The van der Waals surface area contributed by atoms with Gasteiger partial charge in [-0.2, -0.15) is 4.98 Å². The lowest BCUT2D eigenvalue weighted by atomic mass is 9.89. The summed E-state index contributed by atoms with van der Waals surface area (Å²) in [5.41, 5.74) is 4.77. The van der Waals surface area contributed by atoms with Crippen LogP contribution in [0, 0.1) is 6.92 Å². The number of ether oxygens (including phenoxy) is 1. The van der Waals surface area contributed by atoms with Crippen molar-refractivity contribution in [3.8, 4) is 17.1 Å². The first-order valence-electron chi connectivity index (χ1n) is 10.5. The van der Waals surface area contributed by atoms with E-state index in [-0.39, 0.29) is 0 Å². The van der Waals surface area contributed by atoms with Crippen LogP contribution in [-0.2, 0) is 6.54 Å². The van der Waals surface area contributed by atoms with Gasteiger partial charge in [0.2, 0.25) is 11.7 Å². The fourth-order valence-corrected chi connectivity index (χ4v) is 4.32. The Morgan fingerprint density at radius 3 is 2.70 bits per heavy atom. The van der Waals surface area contributed by atoms with Crippen LogP contribution in [0.1, 0.15) is 35.8 Å². The van der Waals surface area contributed by atoms with Crippen molar-refractivity contribution in [1.29, 1.82) is 0 Å². The second kappa shape index (κ2) is 7.95. The van der Waals surface area contributed by atoms with Gasteiger partial charge in [-0.1, -0.05) is 35.0 Å². The Bertz CT molecular complexity index is 1140. The highest BCUT2D eigenvalue weighted by Crippen LogP contribution is 2.35. The Kier molecular flexibility index (Phi) is 5.01. The van der Waals surface area contributed by atoms with Crippen LogP contribution in [0.3, 0.4) is 0 Å². The third kappa shape index (κ3) is 3.71. The molecule has 0 aliphatic carbocycles. The first-order chi connectivity index (χ1) is 14.7. The minimum Gasteiger partial charge on any atom is -0.497 e. The molecule has 6 heteroatoms. The average molecular weight is 402 g/mol. The molecule has 0 bridgehead atoms. The van der Waals surface area contributed by atoms with Crippen LogP contribution in [0.25, 0.3) is 22.3 Å². The fraction of sp³-hybridized carbons (Fsp3) is 0.333. The normalized spacial score (nSPS) is 15.7. The highest BCUT2D eigenvalue weighted by atomic mass is 16.5. The molecule has 1 aliphatic rings. The number of H-pyrrole nitrogens is 1. The van der Waals surface area contributed by atoms with E-state index in [1.165, 1.54) is 22.0 Å². The first-order valence-corrected chi connectivity index (χ1v) is 10.5. The maximum Gasteiger partial charge on any atom is 0.241 e. The van der Waals surface area contributed by atoms with Crippen LogP contribution in [0.2, 0.25) is 0 Å². The van der Waals surface area contributed by atoms with Crippen molar-refractivity contribution >= 4 is 10.9 Å². The van der Waals surface area contributed by atoms with E-state index in [0.29, 0.717) is 24.2 Å². The van der Waals surface area contributed by atoms with Crippen molar-refractivity contribution in [2.45, 2.75) is 32.2 Å². The number of rotatable bonds is 5. The molecule has 3 heterocycles. The number of likely N-dealkylation sites (tertiary alicyclic amines) is 1. The molecule has 1 saturated heterocycles. The van der Waals surface area contributed by atoms with Crippen molar-refractivity contribution < 1.29 is 9.26 Å². The molecule has 2 aromatic heterocycles. The fourth-order valence-electron chi connectivity index (χ4n) is 4.32. The second-order valence-electron chi connectivity index (χ2n) is 8.08. The summed E-state index contributed by atoms with van der Waals surface area (Å²) in [6.45, 7) is 4.81. The Labute approximate surface area is 175 Å². The molecular formula is C24H26N4O2. The third-order valence-electron chi connectivity index (χ3n) is 6.09. The van der Waals surface area contributed by atoms with Crippen LogP contribution < -0.4 is 4.74 Å². The van der Waals surface area contributed by atoms with E-state index in [1.807, 2.05) is 18.2 Å². The molecule has 154 valence electrons. The monoisotopic (exact) mass is 402 g/mol. The maximum absolute atomic E-state index is 5.51. The summed E-state index contributed by atoms with van der Waals surface area (Å²) in [4.78, 5) is 10.4. The summed E-state index contributed by atoms with van der Waals surface area (Å²) in [7, 11) is 1.72. The van der Waals surface area contributed by atoms with Crippen molar-refractivity contribution in [3.63, 3.8) is 0 Å². The number of hydrogen-bond acceptors (Lipinski definition) is 5. The number of nitrogens with one attached hydrogen (secondary N) is 1. The van der Waals surface area contributed by atoms with Crippen LogP contribution in [0.5, 0.6) is 5.75 Å². The van der Waals surface area contributed by atoms with Gasteiger partial charge in [-0.05, 0) is 62.5 Å². The average Bonchev–Trinajstić information content (AvgIpc) is 3.41. The van der Waals surface area contributed by atoms with Crippen LogP contribution in [-0.4, -0.2) is 40.2 Å². The first kappa shape index (κ1) is 18.9. The van der Waals surface area contributed by atoms with E-state index in [0.717, 1.165) is 37.2 Å². The van der Waals surface area contributed by atoms with E-state index >= 15 is 0 Å². The molecule has 2 aromatic carbocycles. The molecule has 1 N–H and O–H groups in total. The van der Waals surface area contributed by atoms with Crippen molar-refractivity contribution in [2.75, 3.05) is 20.2 Å². The number of fused-ring (bicyclic) bond motifs is 1. The minimum absolute atomic E-state index is 0.549. The summed E-state index contributed by atoms with van der Waals surface area (Å²) < 4.78 is 10.9. The van der Waals surface area contributed by atoms with Gasteiger partial charge in [-0.25, -0.2) is 0 Å². The highest BCUT2D eigenvalue weighted by molar-refractivity contribution is 5.85. The Morgan fingerprint density at radius 2 is 1.93 bits per heavy atom. The predicted molar refractivity (Wildman–Crippen MR) is 117 cm³/mol. The van der Waals surface area contributed by atoms with Crippen molar-refractivity contribution in [1.82, 2.24) is 20.0 Å². The number of nitrogens with zero attached hydrogens (tertiary/aromatic N) is 3. The van der Waals surface area contributed by atoms with Crippen molar-refractivity contribution in [2.24, 2.45) is 0 Å². The molecule has 30 heavy (non-hydrogen) atoms. The second-order valence-corrected chi connectivity index (χ2v) is 8.08. The number of methoxy groups -OCH3 is 1. The molecule has 0 atom stereocenters. The minimum atomic E-state index is 0.549. The molecule has 6 nitrogen and oxygen atoms in total. The summed E-state index contributed by atoms with van der Waals surface area (Å²) >= 11 is 0. The number of aromatic nitrogens is 3. The van der Waals surface area contributed by atoms with E-state index in [2.05, 4.69) is 57.4 Å². The molecule has 1 aliphatic heterocycles. The Morgan fingerprint density at radius 1 is 1.13 bits per heavy atom. The van der Waals surface area contributed by atoms with Crippen LogP contribution >= 0.6 is 0 Å². The SMILES string of the molecule is COc1ccc2[nH]cc(C3CCN(Cc4nc(-c5ccc(C)cc5)no4)CC3)c2c1. The molecule has 4 aromatic rings. The maximum atomic E-state index is 5.51. The molecule has 0 radical (unpaired) electrons. The zero-order valence-electron chi connectivity index (χ0n) is 17.4. The van der Waals surface area contributed by atoms with Gasteiger partial charge in [0.05, 0.1) is 13.7 Å². The predicted octanol–water partition coefficient (Wildman–Crippen LogP) is 4.91. The molecule has 1 fully saturated rings. The van der Waals surface area contributed by atoms with E-state index < -0.39 is 0 Å². The number of benzene rings is 2. The lowest BCUT2D eigenvalue weighted by Gasteiger charge is -2.30. The number of piperidine rings is 1. The van der Waals surface area contributed by atoms with Gasteiger partial charge >= 0.3 is 0 Å². The lowest BCUT2D eigenvalue weighted by molar-refractivity contribution is 0.181. The van der Waals surface area contributed by atoms with Crippen LogP contribution in [0.15, 0.2) is 53.2 Å². The van der Waals surface area contributed by atoms with E-state index in [4.69, 9.17) is 9.26 Å². The number of aryl methyl sites for hydroxylation is 1. The van der Waals surface area contributed by atoms with Crippen molar-refractivity contribution in [3.05, 3.63) is 65.7 Å². The van der Waals surface area contributed by atoms with Crippen LogP contribution in [0.4, 0.5) is 0 Å². The van der Waals surface area contributed by atoms with Gasteiger partial charge in [0, 0.05) is 22.7 Å². The molecule has 0 saturated carbocycles. The summed E-state index contributed by atoms with van der Waals surface area (Å²) in [6, 6.07) is 14.4. The Hall–Kier alpha value is -3.12. The lowest BCUT2D eigenvalue weighted by Crippen LogP contribution is -2.32. The van der Waals surface area contributed by atoms with Gasteiger partial charge in [-0.3, -0.25) is 4.90 Å². The van der Waals surface area contributed by atoms with Gasteiger partial charge < -0.3 is 14.2 Å². The van der Waals surface area contributed by atoms with E-state index in [9.17, 15) is 0 Å². The summed E-state index contributed by atoms with van der Waals surface area (Å²) in [6.07, 6.45) is 4.39. The molecule has 5 rings (SSSR count). The molecule has 0 unspecified atom stereocenters. The zero-order valence-corrected chi connectivity index (χ0v) is 17.4. The van der Waals surface area contributed by atoms with Gasteiger partial charge in [0.15, 0.2) is 0 Å². The van der Waals surface area contributed by atoms with Gasteiger partial charge in [0.25, 0.3) is 0 Å². The number of hydrogen-bond donors (Lipinski definition) is 1. The molecule has 0 spiro atoms. The molecular weight excluding hydrogens is 376 g/mol. The largest absolute Gasteiger partial charge is 0.497 e. The molecule has 0 amide bonds. The zero-order chi connectivity index (χ0) is 20.5. The third-order valence-corrected chi connectivity index (χ3v) is 6.09. The summed E-state index contributed by atoms with van der Waals surface area (Å²) in [5, 5.41) is 5.43. The Balaban J connectivity index is 1.23. The standard InChI is InChI=1S/C24H26N4O2/c1-16-3-5-18(6-4-16)24-26-23(30-27-24)15-28-11-9-17(10-12-28)21-14-25-22-8-7-19(29-2)13-20(21)22/h3-8,13-14,17,25H,9-12,15H2,1-2H3. The quantitative estimate of drug-likeness (QED) is 0.513. The van der Waals surface area contributed by atoms with Gasteiger partial charge in [-0.15, -0.1) is 0 Å². The highest BCUT2D eigenvalue weighted by Gasteiger charge is 2.24. The number of aromatic amines is 1. The smallest absolute Gasteiger partial charge is 0.241 e. The summed E-state index contributed by atoms with van der Waals surface area (Å²) in [5.74, 6) is 2.79. The van der Waals surface area contributed by atoms with Gasteiger partial charge in [0.1, 0.15) is 5.75 Å². The topological polar surface area (TPSA) is 67.2 Å².